The third-order valence-corrected chi connectivity index (χ3v) is 2.61. The fraction of sp³-hybridized carbons (Fsp3) is 0.462. The highest BCUT2D eigenvalue weighted by Gasteiger charge is 2.17. The van der Waals surface area contributed by atoms with E-state index >= 15 is 0 Å². The van der Waals surface area contributed by atoms with Crippen molar-refractivity contribution in [3.8, 4) is 11.5 Å². The smallest absolute Gasteiger partial charge is 0.504 e. The average Bonchev–Trinajstić information content (AvgIpc) is 2.19. The lowest BCUT2D eigenvalue weighted by Gasteiger charge is -2.15. The van der Waals surface area contributed by atoms with Crippen LogP contribution in [0.3, 0.4) is 0 Å². The third-order valence-electron chi connectivity index (χ3n) is 2.61. The van der Waals surface area contributed by atoms with Crippen molar-refractivity contribution in [1.29, 1.82) is 0 Å². The van der Waals surface area contributed by atoms with Crippen molar-refractivity contribution < 1.29 is 19.7 Å². The highest BCUT2D eigenvalue weighted by Crippen LogP contribution is 2.37. The van der Waals surface area contributed by atoms with E-state index in [-0.39, 0.29) is 23.3 Å². The molecular weight excluding hydrogens is 220 g/mol. The molecule has 0 aliphatic carbocycles. The van der Waals surface area contributed by atoms with Gasteiger partial charge in [0.25, 0.3) is 0 Å². The second-order valence-electron chi connectivity index (χ2n) is 4.63. The number of benzene rings is 1. The van der Waals surface area contributed by atoms with Gasteiger partial charge in [0, 0.05) is 5.56 Å². The first-order valence-electron chi connectivity index (χ1n) is 5.60. The van der Waals surface area contributed by atoms with Crippen LogP contribution < -0.4 is 4.74 Å². The van der Waals surface area contributed by atoms with E-state index in [9.17, 15) is 9.90 Å². The third kappa shape index (κ3) is 3.12. The lowest BCUT2D eigenvalue weighted by atomic mass is 9.94. The van der Waals surface area contributed by atoms with Crippen molar-refractivity contribution in [2.75, 3.05) is 0 Å². The Bertz CT molecular complexity index is 422. The highest BCUT2D eigenvalue weighted by atomic mass is 16.7. The summed E-state index contributed by atoms with van der Waals surface area (Å²) in [5.74, 6) is 0.258. The first-order chi connectivity index (χ1) is 7.82. The van der Waals surface area contributed by atoms with Crippen molar-refractivity contribution in [2.24, 2.45) is 0 Å². The van der Waals surface area contributed by atoms with E-state index in [4.69, 9.17) is 5.11 Å². The molecule has 1 aromatic rings. The predicted molar refractivity (Wildman–Crippen MR) is 64.9 cm³/mol. The fourth-order valence-electron chi connectivity index (χ4n) is 1.60. The maximum atomic E-state index is 10.5. The van der Waals surface area contributed by atoms with Crippen LogP contribution in [0.2, 0.25) is 0 Å². The molecule has 0 spiro atoms. The summed E-state index contributed by atoms with van der Waals surface area (Å²) in [6.07, 6.45) is -1.42. The number of carbonyl (C=O) groups is 1. The average molecular weight is 238 g/mol. The lowest BCUT2D eigenvalue weighted by Crippen LogP contribution is -2.05. The summed E-state index contributed by atoms with van der Waals surface area (Å²) in [5.41, 5.74) is 1.65. The van der Waals surface area contributed by atoms with Gasteiger partial charge in [-0.2, -0.15) is 0 Å². The van der Waals surface area contributed by atoms with Gasteiger partial charge in [-0.25, -0.2) is 4.79 Å². The van der Waals surface area contributed by atoms with Crippen LogP contribution >= 0.6 is 0 Å². The van der Waals surface area contributed by atoms with Crippen molar-refractivity contribution in [2.45, 2.75) is 39.5 Å². The van der Waals surface area contributed by atoms with Crippen LogP contribution in [0.4, 0.5) is 4.79 Å². The molecule has 0 bridgehead atoms. The van der Waals surface area contributed by atoms with Gasteiger partial charge in [-0.3, -0.25) is 0 Å². The zero-order valence-electron chi connectivity index (χ0n) is 10.5. The van der Waals surface area contributed by atoms with E-state index in [1.54, 1.807) is 6.07 Å². The minimum atomic E-state index is -1.42. The van der Waals surface area contributed by atoms with Gasteiger partial charge in [0.2, 0.25) is 0 Å². The first-order valence-corrected chi connectivity index (χ1v) is 5.60. The normalized spacial score (nSPS) is 10.9. The minimum Gasteiger partial charge on any atom is -0.504 e. The molecular formula is C13H18O4. The number of ether oxygens (including phenoxy) is 1. The molecule has 0 aliphatic rings. The second-order valence-corrected chi connectivity index (χ2v) is 4.63. The molecule has 1 aromatic carbocycles. The van der Waals surface area contributed by atoms with Crippen molar-refractivity contribution in [3.05, 3.63) is 23.3 Å². The largest absolute Gasteiger partial charge is 0.511 e. The molecule has 0 heterocycles. The Kier molecular flexibility index (Phi) is 3.99. The SMILES string of the molecule is CC(C)c1cc(OC(=O)O)c(O)c(C(C)C)c1. The Morgan fingerprint density at radius 2 is 1.76 bits per heavy atom. The van der Waals surface area contributed by atoms with Crippen LogP contribution in [-0.2, 0) is 0 Å². The van der Waals surface area contributed by atoms with Gasteiger partial charge in [-0.15, -0.1) is 0 Å². The summed E-state index contributed by atoms with van der Waals surface area (Å²) in [7, 11) is 0. The Labute approximate surface area is 101 Å². The molecule has 2 N–H and O–H groups in total. The molecule has 4 heteroatoms. The Hall–Kier alpha value is -1.71. The van der Waals surface area contributed by atoms with Gasteiger partial charge in [-0.1, -0.05) is 33.8 Å². The molecule has 0 aliphatic heterocycles. The number of aromatic hydroxyl groups is 1. The fourth-order valence-corrected chi connectivity index (χ4v) is 1.60. The maximum absolute atomic E-state index is 10.5. The number of carboxylic acid groups (broad SMARTS) is 1. The van der Waals surface area contributed by atoms with Gasteiger partial charge >= 0.3 is 6.16 Å². The first kappa shape index (κ1) is 13.4. The Balaban J connectivity index is 3.32. The van der Waals surface area contributed by atoms with Crippen LogP contribution in [0.15, 0.2) is 12.1 Å². The Morgan fingerprint density at radius 3 is 2.18 bits per heavy atom. The molecule has 0 fully saturated rings. The number of hydrogen-bond acceptors (Lipinski definition) is 3. The van der Waals surface area contributed by atoms with Gasteiger partial charge in [0.1, 0.15) is 0 Å². The molecule has 0 saturated carbocycles. The number of phenols is 1. The summed E-state index contributed by atoms with van der Waals surface area (Å²) in [4.78, 5) is 10.5. The standard InChI is InChI=1S/C13H18O4/c1-7(2)9-5-10(8(3)4)12(14)11(6-9)17-13(15)16/h5-8,14H,1-4H3,(H,15,16). The van der Waals surface area contributed by atoms with Crippen LogP contribution in [-0.4, -0.2) is 16.4 Å². The van der Waals surface area contributed by atoms with Gasteiger partial charge in [0.15, 0.2) is 11.5 Å². The van der Waals surface area contributed by atoms with Crippen LogP contribution in [0.1, 0.15) is 50.7 Å². The minimum absolute atomic E-state index is 0.00685. The summed E-state index contributed by atoms with van der Waals surface area (Å²) in [6.45, 7) is 7.87. The van der Waals surface area contributed by atoms with Crippen LogP contribution in [0.5, 0.6) is 11.5 Å². The second kappa shape index (κ2) is 5.08. The monoisotopic (exact) mass is 238 g/mol. The van der Waals surface area contributed by atoms with E-state index in [1.807, 2.05) is 33.8 Å². The molecule has 94 valence electrons. The molecule has 0 atom stereocenters. The van der Waals surface area contributed by atoms with Crippen molar-refractivity contribution in [3.63, 3.8) is 0 Å². The molecule has 0 saturated heterocycles. The van der Waals surface area contributed by atoms with Gasteiger partial charge < -0.3 is 14.9 Å². The number of hydrogen-bond donors (Lipinski definition) is 2. The van der Waals surface area contributed by atoms with E-state index in [1.165, 1.54) is 0 Å². The molecule has 0 amide bonds. The van der Waals surface area contributed by atoms with E-state index in [2.05, 4.69) is 4.74 Å². The van der Waals surface area contributed by atoms with Gasteiger partial charge in [0.05, 0.1) is 0 Å². The van der Waals surface area contributed by atoms with E-state index in [0.717, 1.165) is 5.56 Å². The summed E-state index contributed by atoms with van der Waals surface area (Å²) >= 11 is 0. The molecule has 4 nitrogen and oxygen atoms in total. The van der Waals surface area contributed by atoms with Gasteiger partial charge in [-0.05, 0) is 23.5 Å². The van der Waals surface area contributed by atoms with Crippen LogP contribution in [0.25, 0.3) is 0 Å². The zero-order chi connectivity index (χ0) is 13.2. The van der Waals surface area contributed by atoms with E-state index in [0.29, 0.717) is 5.56 Å². The molecule has 0 radical (unpaired) electrons. The molecule has 0 unspecified atom stereocenters. The summed E-state index contributed by atoms with van der Waals surface area (Å²) in [6, 6.07) is 3.46. The quantitative estimate of drug-likeness (QED) is 0.622. The topological polar surface area (TPSA) is 66.8 Å². The Morgan fingerprint density at radius 1 is 1.18 bits per heavy atom. The molecule has 0 aromatic heterocycles. The van der Waals surface area contributed by atoms with Crippen molar-refractivity contribution >= 4 is 6.16 Å². The van der Waals surface area contributed by atoms with E-state index < -0.39 is 6.16 Å². The van der Waals surface area contributed by atoms with Crippen LogP contribution in [0, 0.1) is 0 Å². The highest BCUT2D eigenvalue weighted by molar-refractivity contribution is 5.64. The van der Waals surface area contributed by atoms with Crippen molar-refractivity contribution in [1.82, 2.24) is 0 Å². The zero-order valence-corrected chi connectivity index (χ0v) is 10.5. The molecule has 17 heavy (non-hydrogen) atoms. The number of rotatable bonds is 3. The summed E-state index contributed by atoms with van der Waals surface area (Å²) in [5, 5.41) is 18.5. The molecule has 1 rings (SSSR count). The summed E-state index contributed by atoms with van der Waals surface area (Å²) < 4.78 is 4.59. The maximum Gasteiger partial charge on any atom is 0.511 e. The number of phenolic OH excluding ortho intramolecular Hbond substituents is 1. The lowest BCUT2D eigenvalue weighted by molar-refractivity contribution is 0.142. The predicted octanol–water partition coefficient (Wildman–Crippen LogP) is 3.70.